The maximum atomic E-state index is 3.66. The minimum Gasteiger partial charge on any atom is -0.315 e. The van der Waals surface area contributed by atoms with E-state index in [0.29, 0.717) is 0 Å². The smallest absolute Gasteiger partial charge is 0.315 e. The summed E-state index contributed by atoms with van der Waals surface area (Å²) in [5, 5.41) is 0. The molecule has 0 bridgehead atoms. The molecule has 0 N–H and O–H groups in total. The molecule has 0 heterocycles. The van der Waals surface area contributed by atoms with E-state index in [9.17, 15) is 0 Å². The Balaban J connectivity index is 0.00000289. The van der Waals surface area contributed by atoms with Gasteiger partial charge in [0.05, 0.1) is 0 Å². The number of thioether (sulfide) groups is 1. The maximum Gasteiger partial charge on any atom is 1.00 e. The van der Waals surface area contributed by atoms with Crippen molar-refractivity contribution in [1.29, 1.82) is 0 Å². The standard InChI is InChI=1S/C16H21S.Li/c1-6-7-8-9-10-17-16-14(4)12(2)11-13(3)15(16)5;/h6-8,10-11H,1,9H2,2-5H3;/q-1;+1/b8-7-;. The van der Waals surface area contributed by atoms with Crippen LogP contribution in [0.2, 0.25) is 0 Å². The van der Waals surface area contributed by atoms with Crippen LogP contribution in [0.1, 0.15) is 28.7 Å². The first-order valence-electron chi connectivity index (χ1n) is 5.91. The van der Waals surface area contributed by atoms with Crippen molar-refractivity contribution in [3.63, 3.8) is 0 Å². The number of benzene rings is 1. The molecule has 0 fully saturated rings. The molecule has 0 saturated heterocycles. The van der Waals surface area contributed by atoms with Crippen molar-refractivity contribution in [3.8, 4) is 0 Å². The van der Waals surface area contributed by atoms with E-state index >= 15 is 0 Å². The number of aryl methyl sites for hydroxylation is 2. The monoisotopic (exact) mass is 252 g/mol. The van der Waals surface area contributed by atoms with Gasteiger partial charge in [0, 0.05) is 0 Å². The van der Waals surface area contributed by atoms with E-state index < -0.39 is 0 Å². The second-order valence-corrected chi connectivity index (χ2v) is 5.25. The Morgan fingerprint density at radius 3 is 2.22 bits per heavy atom. The molecule has 0 nitrogen and oxygen atoms in total. The van der Waals surface area contributed by atoms with E-state index in [1.807, 2.05) is 23.9 Å². The van der Waals surface area contributed by atoms with Gasteiger partial charge in [-0.25, -0.2) is 0 Å². The van der Waals surface area contributed by atoms with Gasteiger partial charge in [-0.05, 0) is 54.8 Å². The maximum absolute atomic E-state index is 3.66. The predicted molar refractivity (Wildman–Crippen MR) is 79.5 cm³/mol. The third-order valence-electron chi connectivity index (χ3n) is 3.00. The Bertz CT molecular complexity index is 407. The molecule has 0 saturated carbocycles. The van der Waals surface area contributed by atoms with Crippen molar-refractivity contribution in [2.45, 2.75) is 39.0 Å². The van der Waals surface area contributed by atoms with Gasteiger partial charge in [-0.1, -0.05) is 24.8 Å². The summed E-state index contributed by atoms with van der Waals surface area (Å²) in [6, 6.07) is 2.27. The second-order valence-electron chi connectivity index (χ2n) is 4.27. The molecule has 1 aromatic carbocycles. The zero-order valence-corrected chi connectivity index (χ0v) is 13.0. The number of rotatable bonds is 5. The van der Waals surface area contributed by atoms with Gasteiger partial charge in [0.15, 0.2) is 0 Å². The quantitative estimate of drug-likeness (QED) is 0.255. The normalized spacial score (nSPS) is 10.4. The Hall–Kier alpha value is -0.353. The SMILES string of the molecule is C=C/C=C\C[CH-]Sc1c(C)c(C)cc(C)c1C.[Li+]. The zero-order chi connectivity index (χ0) is 12.8. The van der Waals surface area contributed by atoms with Crippen molar-refractivity contribution in [2.75, 3.05) is 0 Å². The van der Waals surface area contributed by atoms with Crippen molar-refractivity contribution in [3.05, 3.63) is 58.9 Å². The van der Waals surface area contributed by atoms with Crippen molar-refractivity contribution in [1.82, 2.24) is 0 Å². The van der Waals surface area contributed by atoms with Gasteiger partial charge >= 0.3 is 18.9 Å². The molecule has 0 amide bonds. The Morgan fingerprint density at radius 2 is 1.72 bits per heavy atom. The van der Waals surface area contributed by atoms with Gasteiger partial charge in [-0.15, -0.1) is 6.08 Å². The summed E-state index contributed by atoms with van der Waals surface area (Å²) in [5.74, 6) is 2.24. The first-order valence-corrected chi connectivity index (χ1v) is 6.79. The third kappa shape index (κ3) is 4.73. The minimum absolute atomic E-state index is 0. The predicted octanol–water partition coefficient (Wildman–Crippen LogP) is 2.31. The molecule has 0 aliphatic heterocycles. The minimum atomic E-state index is 0. The van der Waals surface area contributed by atoms with Gasteiger partial charge in [0.1, 0.15) is 0 Å². The molecular weight excluding hydrogens is 231 g/mol. The third-order valence-corrected chi connectivity index (χ3v) is 4.21. The van der Waals surface area contributed by atoms with Crippen LogP contribution in [0.3, 0.4) is 0 Å². The summed E-state index contributed by atoms with van der Waals surface area (Å²) in [5.41, 5.74) is 5.57. The second kappa shape index (κ2) is 8.70. The number of hydrogen-bond acceptors (Lipinski definition) is 1. The Morgan fingerprint density at radius 1 is 1.17 bits per heavy atom. The fourth-order valence-corrected chi connectivity index (χ4v) is 2.77. The average Bonchev–Trinajstić information content (AvgIpc) is 2.30. The van der Waals surface area contributed by atoms with Crippen LogP contribution in [-0.2, 0) is 0 Å². The van der Waals surface area contributed by atoms with Crippen molar-refractivity contribution < 1.29 is 18.9 Å². The van der Waals surface area contributed by atoms with E-state index in [-0.39, 0.29) is 18.9 Å². The van der Waals surface area contributed by atoms with Crippen molar-refractivity contribution >= 4 is 11.8 Å². The fourth-order valence-electron chi connectivity index (χ4n) is 1.72. The van der Waals surface area contributed by atoms with Crippen LogP contribution in [0.15, 0.2) is 35.8 Å². The van der Waals surface area contributed by atoms with E-state index in [0.717, 1.165) is 6.42 Å². The summed E-state index contributed by atoms with van der Waals surface area (Å²) >= 11 is 1.84. The van der Waals surface area contributed by atoms with Crippen LogP contribution in [0.25, 0.3) is 0 Å². The molecule has 18 heavy (non-hydrogen) atoms. The molecule has 0 unspecified atom stereocenters. The van der Waals surface area contributed by atoms with E-state index in [4.69, 9.17) is 0 Å². The van der Waals surface area contributed by atoms with Gasteiger partial charge in [0.25, 0.3) is 0 Å². The van der Waals surface area contributed by atoms with Crippen LogP contribution in [-0.4, -0.2) is 0 Å². The summed E-state index contributed by atoms with van der Waals surface area (Å²) in [7, 11) is 0. The first-order chi connectivity index (χ1) is 8.07. The zero-order valence-electron chi connectivity index (χ0n) is 12.2. The summed E-state index contributed by atoms with van der Waals surface area (Å²) < 4.78 is 0. The molecule has 0 atom stereocenters. The molecule has 0 spiro atoms. The topological polar surface area (TPSA) is 0 Å². The van der Waals surface area contributed by atoms with Crippen LogP contribution >= 0.6 is 11.8 Å². The Labute approximate surface area is 128 Å². The summed E-state index contributed by atoms with van der Waals surface area (Å²) in [6.07, 6.45) is 6.89. The molecule has 0 radical (unpaired) electrons. The average molecular weight is 252 g/mol. The molecule has 1 rings (SSSR count). The van der Waals surface area contributed by atoms with E-state index in [1.165, 1.54) is 27.1 Å². The van der Waals surface area contributed by atoms with Crippen LogP contribution in [0, 0.1) is 33.4 Å². The van der Waals surface area contributed by atoms with Gasteiger partial charge in [-0.2, -0.15) is 6.42 Å². The molecule has 0 aromatic heterocycles. The number of allylic oxidation sites excluding steroid dienone is 3. The van der Waals surface area contributed by atoms with Crippen molar-refractivity contribution in [2.24, 2.45) is 0 Å². The summed E-state index contributed by atoms with van der Waals surface area (Å²) in [4.78, 5) is 1.41. The van der Waals surface area contributed by atoms with Gasteiger partial charge < -0.3 is 11.8 Å². The van der Waals surface area contributed by atoms with Crippen LogP contribution in [0.4, 0.5) is 0 Å². The molecule has 0 aliphatic carbocycles. The number of hydrogen-bond donors (Lipinski definition) is 0. The molecule has 1 aromatic rings. The molecule has 2 heteroatoms. The molecular formula is C16H21LiS. The van der Waals surface area contributed by atoms with Crippen LogP contribution in [0.5, 0.6) is 0 Å². The van der Waals surface area contributed by atoms with Gasteiger partial charge in [-0.3, -0.25) is 5.75 Å². The van der Waals surface area contributed by atoms with Gasteiger partial charge in [0.2, 0.25) is 0 Å². The Kier molecular flexibility index (Phi) is 8.53. The summed E-state index contributed by atoms with van der Waals surface area (Å²) in [6.45, 7) is 12.4. The largest absolute Gasteiger partial charge is 1.00 e. The fraction of sp³-hybridized carbons (Fsp3) is 0.312. The molecule has 0 aliphatic rings. The van der Waals surface area contributed by atoms with E-state index in [2.05, 4.69) is 52.2 Å². The van der Waals surface area contributed by atoms with Crippen LogP contribution < -0.4 is 18.9 Å². The molecule has 92 valence electrons. The first kappa shape index (κ1) is 17.6. The van der Waals surface area contributed by atoms with E-state index in [1.54, 1.807) is 0 Å².